The molecule has 53 heavy (non-hydrogen) atoms. The largest absolute Gasteiger partial charge is 0.491 e. The molecule has 8 nitrogen and oxygen atoms in total. The van der Waals surface area contributed by atoms with E-state index in [9.17, 15) is 8.42 Å². The lowest BCUT2D eigenvalue weighted by Crippen LogP contribution is -2.11. The summed E-state index contributed by atoms with van der Waals surface area (Å²) in [6.45, 7) is 9.98. The monoisotopic (exact) mass is 736 g/mol. The van der Waals surface area contributed by atoms with Crippen molar-refractivity contribution in [3.8, 4) is 46.3 Å². The third kappa shape index (κ3) is 12.2. The van der Waals surface area contributed by atoms with Gasteiger partial charge < -0.3 is 28.4 Å². The topological polar surface area (TPSA) is 89.5 Å². The van der Waals surface area contributed by atoms with Crippen molar-refractivity contribution in [2.75, 3.05) is 66.1 Å². The number of hydrogen-bond donors (Lipinski definition) is 0. The summed E-state index contributed by atoms with van der Waals surface area (Å²) < 4.78 is 60.3. The molecule has 0 aliphatic carbocycles. The van der Waals surface area contributed by atoms with Gasteiger partial charge in [-0.05, 0) is 97.8 Å². The SMILES string of the molecule is CCCCOCCOCCOc1ccc(C#Cc2ccc3c(c2)-c2cc(C#Cc4ccc(OCCOCCOCCCC)cc4)ccc2S3(=O)=O)cc1. The number of ether oxygens (including phenoxy) is 6. The van der Waals surface area contributed by atoms with Crippen molar-refractivity contribution in [1.29, 1.82) is 0 Å². The van der Waals surface area contributed by atoms with E-state index in [2.05, 4.69) is 37.5 Å². The molecule has 0 saturated carbocycles. The fourth-order valence-corrected chi connectivity index (χ4v) is 7.00. The van der Waals surface area contributed by atoms with Crippen LogP contribution in [0.1, 0.15) is 61.8 Å². The molecular weight excluding hydrogens is 689 g/mol. The predicted octanol–water partition coefficient (Wildman–Crippen LogP) is 7.72. The molecule has 0 fully saturated rings. The van der Waals surface area contributed by atoms with Crippen molar-refractivity contribution < 1.29 is 36.8 Å². The zero-order valence-electron chi connectivity index (χ0n) is 30.7. The van der Waals surface area contributed by atoms with E-state index < -0.39 is 9.84 Å². The van der Waals surface area contributed by atoms with E-state index in [-0.39, 0.29) is 9.79 Å². The smallest absolute Gasteiger partial charge is 0.207 e. The highest BCUT2D eigenvalue weighted by Gasteiger charge is 2.33. The summed E-state index contributed by atoms with van der Waals surface area (Å²) in [7, 11) is -3.63. The average molecular weight is 737 g/mol. The molecule has 1 heterocycles. The van der Waals surface area contributed by atoms with Gasteiger partial charge in [-0.1, -0.05) is 50.4 Å². The molecule has 4 aromatic carbocycles. The summed E-state index contributed by atoms with van der Waals surface area (Å²) in [5, 5.41) is 0. The number of unbranched alkanes of at least 4 members (excludes halogenated alkanes) is 2. The van der Waals surface area contributed by atoms with Crippen LogP contribution in [-0.4, -0.2) is 74.5 Å². The van der Waals surface area contributed by atoms with Crippen LogP contribution < -0.4 is 9.47 Å². The van der Waals surface area contributed by atoms with Crippen LogP contribution in [0.15, 0.2) is 94.7 Å². The van der Waals surface area contributed by atoms with Crippen LogP contribution in [0.25, 0.3) is 11.1 Å². The molecule has 0 aromatic heterocycles. The molecule has 1 aliphatic heterocycles. The Kier molecular flexibility index (Phi) is 15.8. The molecule has 0 saturated heterocycles. The molecule has 9 heteroatoms. The second-order valence-electron chi connectivity index (χ2n) is 12.3. The second-order valence-corrected chi connectivity index (χ2v) is 14.2. The first-order valence-electron chi connectivity index (χ1n) is 18.3. The summed E-state index contributed by atoms with van der Waals surface area (Å²) in [6, 6.07) is 25.5. The lowest BCUT2D eigenvalue weighted by atomic mass is 10.0. The first-order valence-corrected chi connectivity index (χ1v) is 19.8. The van der Waals surface area contributed by atoms with Gasteiger partial charge >= 0.3 is 0 Å². The Labute approximate surface area is 314 Å². The number of hydrogen-bond acceptors (Lipinski definition) is 8. The lowest BCUT2D eigenvalue weighted by molar-refractivity contribution is 0.0356. The van der Waals surface area contributed by atoms with E-state index in [1.54, 1.807) is 24.3 Å². The summed E-state index contributed by atoms with van der Waals surface area (Å²) in [4.78, 5) is 0.554. The lowest BCUT2D eigenvalue weighted by Gasteiger charge is -2.07. The summed E-state index contributed by atoms with van der Waals surface area (Å²) in [6.07, 6.45) is 4.37. The van der Waals surface area contributed by atoms with Gasteiger partial charge in [0.25, 0.3) is 0 Å². The maximum Gasteiger partial charge on any atom is 0.207 e. The minimum absolute atomic E-state index is 0.277. The van der Waals surface area contributed by atoms with Crippen molar-refractivity contribution in [3.05, 3.63) is 107 Å². The van der Waals surface area contributed by atoms with E-state index in [4.69, 9.17) is 28.4 Å². The van der Waals surface area contributed by atoms with Gasteiger partial charge in [-0.2, -0.15) is 0 Å². The summed E-state index contributed by atoms with van der Waals surface area (Å²) >= 11 is 0. The Morgan fingerprint density at radius 3 is 1.17 bits per heavy atom. The third-order valence-corrected chi connectivity index (χ3v) is 10.1. The zero-order chi connectivity index (χ0) is 37.1. The molecule has 0 spiro atoms. The Morgan fingerprint density at radius 2 is 0.774 bits per heavy atom. The van der Waals surface area contributed by atoms with E-state index >= 15 is 0 Å². The number of sulfone groups is 1. The van der Waals surface area contributed by atoms with Crippen molar-refractivity contribution in [2.24, 2.45) is 0 Å². The van der Waals surface area contributed by atoms with Crippen molar-refractivity contribution in [1.82, 2.24) is 0 Å². The van der Waals surface area contributed by atoms with Crippen LogP contribution >= 0.6 is 0 Å². The molecular formula is C44H48O8S. The highest BCUT2D eigenvalue weighted by molar-refractivity contribution is 7.92. The Balaban J connectivity index is 1.14. The molecule has 0 N–H and O–H groups in total. The fraction of sp³-hybridized carbons (Fsp3) is 0.364. The maximum absolute atomic E-state index is 13.3. The third-order valence-electron chi connectivity index (χ3n) is 8.26. The molecule has 0 radical (unpaired) electrons. The summed E-state index contributed by atoms with van der Waals surface area (Å²) in [5.41, 5.74) is 4.31. The van der Waals surface area contributed by atoms with Gasteiger partial charge in [-0.15, -0.1) is 0 Å². The maximum atomic E-state index is 13.3. The molecule has 278 valence electrons. The minimum Gasteiger partial charge on any atom is -0.491 e. The van der Waals surface area contributed by atoms with E-state index in [0.717, 1.165) is 61.5 Å². The first-order chi connectivity index (χ1) is 26.0. The van der Waals surface area contributed by atoms with Gasteiger partial charge in [-0.25, -0.2) is 8.42 Å². The molecule has 5 rings (SSSR count). The average Bonchev–Trinajstić information content (AvgIpc) is 3.40. The molecule has 4 aromatic rings. The predicted molar refractivity (Wildman–Crippen MR) is 206 cm³/mol. The Bertz CT molecular complexity index is 1840. The highest BCUT2D eigenvalue weighted by atomic mass is 32.2. The van der Waals surface area contributed by atoms with Crippen LogP contribution in [-0.2, 0) is 28.8 Å². The van der Waals surface area contributed by atoms with Crippen LogP contribution in [0.4, 0.5) is 0 Å². The zero-order valence-corrected chi connectivity index (χ0v) is 31.5. The van der Waals surface area contributed by atoms with Crippen molar-refractivity contribution >= 4 is 9.84 Å². The van der Waals surface area contributed by atoms with Crippen LogP contribution in [0.3, 0.4) is 0 Å². The van der Waals surface area contributed by atoms with Gasteiger partial charge in [0.15, 0.2) is 0 Å². The van der Waals surface area contributed by atoms with Gasteiger partial charge in [0.05, 0.1) is 49.4 Å². The normalized spacial score (nSPS) is 12.2. The van der Waals surface area contributed by atoms with Crippen LogP contribution in [0.5, 0.6) is 11.5 Å². The molecule has 0 amide bonds. The van der Waals surface area contributed by atoms with Gasteiger partial charge in [0.2, 0.25) is 9.84 Å². The minimum atomic E-state index is -3.63. The first kappa shape index (κ1) is 39.6. The fourth-order valence-electron chi connectivity index (χ4n) is 5.35. The number of fused-ring (bicyclic) bond motifs is 3. The van der Waals surface area contributed by atoms with Crippen molar-refractivity contribution in [2.45, 2.75) is 49.3 Å². The van der Waals surface area contributed by atoms with Gasteiger partial charge in [0.1, 0.15) is 24.7 Å². The number of rotatable bonds is 20. The Hall–Kier alpha value is -4.61. The van der Waals surface area contributed by atoms with E-state index in [1.807, 2.05) is 60.7 Å². The molecule has 1 aliphatic rings. The van der Waals surface area contributed by atoms with Gasteiger partial charge in [-0.3, -0.25) is 0 Å². The number of benzene rings is 4. The molecule has 0 unspecified atom stereocenters. The summed E-state index contributed by atoms with van der Waals surface area (Å²) in [5.74, 6) is 14.2. The van der Waals surface area contributed by atoms with Crippen molar-refractivity contribution in [3.63, 3.8) is 0 Å². The van der Waals surface area contributed by atoms with Gasteiger partial charge in [0, 0.05) is 46.6 Å². The standard InChI is InChI=1S/C44H48O8S/c1-3-5-23-47-25-27-49-29-31-51-39-17-11-35(12-18-39)7-9-37-15-21-43-41(33-37)42-34-38(16-22-44(42)53(43,45)46)10-8-36-13-19-40(20-14-36)52-32-30-50-28-26-48-24-6-4-2/h11-22,33-34H,3-6,23-32H2,1-2H3. The van der Waals surface area contributed by atoms with Crippen LogP contribution in [0, 0.1) is 23.7 Å². The highest BCUT2D eigenvalue weighted by Crippen LogP contribution is 2.43. The van der Waals surface area contributed by atoms with Crippen LogP contribution in [0.2, 0.25) is 0 Å². The Morgan fingerprint density at radius 1 is 0.434 bits per heavy atom. The molecule has 0 atom stereocenters. The quantitative estimate of drug-likeness (QED) is 0.0593. The van der Waals surface area contributed by atoms with E-state index in [1.165, 1.54) is 0 Å². The van der Waals surface area contributed by atoms with E-state index in [0.29, 0.717) is 75.1 Å². The molecule has 0 bridgehead atoms. The second kappa shape index (κ2) is 21.2.